The molecule has 69 heavy (non-hydrogen) atoms. The Hall–Kier alpha value is -0.400. The minimum Gasteiger partial charge on any atom is -0.381 e. The van der Waals surface area contributed by atoms with E-state index in [0.29, 0.717) is 6.04 Å². The average molecular weight is 982 g/mol. The van der Waals surface area contributed by atoms with Crippen LogP contribution in [0.4, 0.5) is 0 Å². The second kappa shape index (κ2) is 40.9. The highest BCUT2D eigenvalue weighted by Gasteiger charge is 2.22. The highest BCUT2D eigenvalue weighted by Crippen LogP contribution is 2.32. The smallest absolute Gasteiger partial charge is 0.0594 e. The van der Waals surface area contributed by atoms with Crippen molar-refractivity contribution in [2.45, 2.75) is 193 Å². The molecule has 0 aromatic heterocycles. The second-order valence-corrected chi connectivity index (χ2v) is 24.2. The quantitative estimate of drug-likeness (QED) is 0.267. The largest absolute Gasteiger partial charge is 0.381 e. The van der Waals surface area contributed by atoms with Crippen LogP contribution in [0.15, 0.2) is 0 Å². The third-order valence-electron chi connectivity index (χ3n) is 16.3. The molecule has 7 aliphatic rings. The van der Waals surface area contributed by atoms with Crippen LogP contribution in [0.5, 0.6) is 0 Å². The number of hydrogen-bond donors (Lipinski definition) is 1. The van der Waals surface area contributed by atoms with Gasteiger partial charge in [0, 0.05) is 116 Å². The fraction of sp³-hybridized carbons (Fsp3) is 1.00. The van der Waals surface area contributed by atoms with E-state index < -0.39 is 0 Å². The minimum atomic E-state index is 0. The van der Waals surface area contributed by atoms with Gasteiger partial charge in [-0.05, 0) is 189 Å². The molecule has 1 aliphatic carbocycles. The van der Waals surface area contributed by atoms with Gasteiger partial charge in [0.05, 0.1) is 13.2 Å². The van der Waals surface area contributed by atoms with E-state index in [4.69, 9.17) is 9.47 Å². The molecule has 0 radical (unpaired) electrons. The monoisotopic (exact) mass is 981 g/mol. The number of piperazine rings is 2. The summed E-state index contributed by atoms with van der Waals surface area (Å²) in [5, 5.41) is 3.33. The molecule has 10 nitrogen and oxygen atoms in total. The Labute approximate surface area is 434 Å². The van der Waals surface area contributed by atoms with Crippen LogP contribution in [0.1, 0.15) is 169 Å². The number of nitrogens with one attached hydrogen (secondary N) is 1. The Balaban J connectivity index is 0.000000781. The van der Waals surface area contributed by atoms with E-state index in [9.17, 15) is 0 Å². The van der Waals surface area contributed by atoms with Crippen molar-refractivity contribution in [3.8, 4) is 0 Å². The topological polar surface area (TPSA) is 53.2 Å². The Morgan fingerprint density at radius 2 is 0.681 bits per heavy atom. The molecule has 6 heterocycles. The third-order valence-corrected chi connectivity index (χ3v) is 16.3. The first-order valence-electron chi connectivity index (χ1n) is 29.1. The Bertz CT molecular complexity index is 984. The molecule has 0 spiro atoms. The van der Waals surface area contributed by atoms with Crippen molar-refractivity contribution >= 4 is 0 Å². The number of likely N-dealkylation sites (N-methyl/N-ethyl adjacent to an activating group) is 2. The summed E-state index contributed by atoms with van der Waals surface area (Å²) < 4.78 is 10.5. The first kappa shape index (κ1) is 68.6. The predicted octanol–water partition coefficient (Wildman–Crippen LogP) is 10.9. The number of nitrogens with zero attached hydrogens (tertiary/aromatic N) is 7. The molecule has 416 valence electrons. The van der Waals surface area contributed by atoms with Gasteiger partial charge in [-0.1, -0.05) is 68.7 Å². The van der Waals surface area contributed by atoms with Crippen LogP contribution in [0.2, 0.25) is 0 Å². The van der Waals surface area contributed by atoms with Gasteiger partial charge >= 0.3 is 0 Å². The van der Waals surface area contributed by atoms with E-state index in [1.165, 1.54) is 136 Å². The lowest BCUT2D eigenvalue weighted by Gasteiger charge is -2.34. The van der Waals surface area contributed by atoms with Crippen molar-refractivity contribution in [1.29, 1.82) is 0 Å². The first-order valence-corrected chi connectivity index (χ1v) is 29.1. The van der Waals surface area contributed by atoms with Gasteiger partial charge in [-0.2, -0.15) is 0 Å². The summed E-state index contributed by atoms with van der Waals surface area (Å²) in [6, 6.07) is 2.87. The van der Waals surface area contributed by atoms with E-state index in [0.717, 1.165) is 112 Å². The summed E-state index contributed by atoms with van der Waals surface area (Å²) in [6.07, 6.45) is 12.6. The number of ether oxygens (including phenoxy) is 2. The number of piperidine rings is 1. The fourth-order valence-corrected chi connectivity index (χ4v) is 10.2. The molecule has 1 N–H and O–H groups in total. The van der Waals surface area contributed by atoms with Gasteiger partial charge in [-0.3, -0.25) is 19.6 Å². The minimum absolute atomic E-state index is 0. The molecule has 6 aliphatic heterocycles. The van der Waals surface area contributed by atoms with Gasteiger partial charge in [-0.15, -0.1) is 0 Å². The van der Waals surface area contributed by atoms with Gasteiger partial charge < -0.3 is 29.5 Å². The molecule has 0 aromatic rings. The zero-order valence-corrected chi connectivity index (χ0v) is 49.3. The predicted molar refractivity (Wildman–Crippen MR) is 306 cm³/mol. The summed E-state index contributed by atoms with van der Waals surface area (Å²) in [6.45, 7) is 57.9. The lowest BCUT2D eigenvalue weighted by molar-refractivity contribution is 0.0238. The fourth-order valence-electron chi connectivity index (χ4n) is 10.2. The van der Waals surface area contributed by atoms with Crippen molar-refractivity contribution in [2.24, 2.45) is 41.4 Å². The number of likely N-dealkylation sites (tertiary alicyclic amines) is 1. The first-order chi connectivity index (χ1) is 32.2. The van der Waals surface area contributed by atoms with E-state index in [-0.39, 0.29) is 7.43 Å². The summed E-state index contributed by atoms with van der Waals surface area (Å²) in [4.78, 5) is 17.3. The number of hydrogen-bond acceptors (Lipinski definition) is 10. The average Bonchev–Trinajstić information content (AvgIpc) is 3.56. The molecule has 7 rings (SSSR count). The molecular weight excluding hydrogens is 853 g/mol. The number of morpholine rings is 1. The Morgan fingerprint density at radius 3 is 1.06 bits per heavy atom. The van der Waals surface area contributed by atoms with Crippen molar-refractivity contribution in [3.63, 3.8) is 0 Å². The van der Waals surface area contributed by atoms with E-state index in [1.54, 1.807) is 0 Å². The summed E-state index contributed by atoms with van der Waals surface area (Å²) in [7, 11) is 6.62. The van der Waals surface area contributed by atoms with Gasteiger partial charge in [-0.25, -0.2) is 0 Å². The molecule has 7 fully saturated rings. The van der Waals surface area contributed by atoms with Crippen LogP contribution in [0.3, 0.4) is 0 Å². The van der Waals surface area contributed by atoms with Crippen LogP contribution in [0, 0.1) is 41.4 Å². The maximum absolute atomic E-state index is 5.25. The van der Waals surface area contributed by atoms with E-state index in [2.05, 4.69) is 165 Å². The Morgan fingerprint density at radius 1 is 0.348 bits per heavy atom. The van der Waals surface area contributed by atoms with Crippen molar-refractivity contribution in [3.05, 3.63) is 0 Å². The summed E-state index contributed by atoms with van der Waals surface area (Å²) in [5.41, 5.74) is 0. The lowest BCUT2D eigenvalue weighted by Crippen LogP contribution is -2.47. The third kappa shape index (κ3) is 33.9. The summed E-state index contributed by atoms with van der Waals surface area (Å²) >= 11 is 0. The molecule has 0 amide bonds. The van der Waals surface area contributed by atoms with Crippen LogP contribution in [-0.2, 0) is 9.47 Å². The molecule has 6 saturated heterocycles. The molecule has 10 heteroatoms. The van der Waals surface area contributed by atoms with Gasteiger partial charge in [0.25, 0.3) is 0 Å². The molecule has 0 aromatic carbocycles. The maximum Gasteiger partial charge on any atom is 0.0594 e. The maximum atomic E-state index is 5.25. The zero-order valence-electron chi connectivity index (χ0n) is 49.3. The normalized spacial score (nSPS) is 24.8. The second-order valence-electron chi connectivity index (χ2n) is 24.2. The van der Waals surface area contributed by atoms with Gasteiger partial charge in [0.2, 0.25) is 0 Å². The molecule has 1 saturated carbocycles. The molecule has 0 unspecified atom stereocenters. The van der Waals surface area contributed by atoms with Crippen LogP contribution in [0.25, 0.3) is 0 Å². The molecular formula is C59H128N8O2. The van der Waals surface area contributed by atoms with Crippen molar-refractivity contribution in [1.82, 2.24) is 39.6 Å². The standard InChI is InChI=1S/C10H20.C9H20N2.C9H19N.C8H18N2.C8H16O.C7H16N2.C7H15NO.CH4/c1-8(2)10-6-4-9(3)5-7-10;1-9(2)11-6-4-5-10(3)7-8-11;1-8(2)9-4-6-10(3)7-5-9;1-8(2)10-6-4-9(3)5-7-10;1-7(2)8-3-5-9-6-4-8;1-7(2)9-5-3-8-4-6-9;1-7(2)8-3-5-9-6-4-8;/h8-10H,4-7H2,1-3H3;9H,4-8H2,1-3H3;8-9H,4-7H2,1-3H3;8H,4-7H2,1-3H3;2*7-8H,3-6H2,1-2H3;7H,3-6H2,1-2H3;1H4. The SMILES string of the molecule is C.CC(C)C1CCN(C)CC1.CC(C)C1CCOCC1.CC(C)N1CCCN(C)CC1.CC(C)N1CCN(C)CC1.CC(C)N1CCNCC1.CC(C)N1CCOCC1.CC1CCC(C(C)C)CC1. The van der Waals surface area contributed by atoms with Crippen LogP contribution in [-0.4, -0.2) is 211 Å². The van der Waals surface area contributed by atoms with Crippen molar-refractivity contribution < 1.29 is 9.47 Å². The van der Waals surface area contributed by atoms with Crippen molar-refractivity contribution in [2.75, 3.05) is 152 Å². The van der Waals surface area contributed by atoms with Crippen LogP contribution >= 0.6 is 0 Å². The van der Waals surface area contributed by atoms with E-state index in [1.807, 2.05) is 0 Å². The van der Waals surface area contributed by atoms with Crippen LogP contribution < -0.4 is 5.32 Å². The lowest BCUT2D eigenvalue weighted by atomic mass is 9.78. The highest BCUT2D eigenvalue weighted by molar-refractivity contribution is 4.75. The summed E-state index contributed by atoms with van der Waals surface area (Å²) in [5.74, 6) is 6.65. The molecule has 0 bridgehead atoms. The van der Waals surface area contributed by atoms with Gasteiger partial charge in [0.1, 0.15) is 0 Å². The van der Waals surface area contributed by atoms with Gasteiger partial charge in [0.15, 0.2) is 0 Å². The highest BCUT2D eigenvalue weighted by atomic mass is 16.5. The van der Waals surface area contributed by atoms with E-state index >= 15 is 0 Å². The number of rotatable bonds is 7. The zero-order chi connectivity index (χ0) is 51.0. The molecule has 0 atom stereocenters. The Kier molecular flexibility index (Phi) is 40.7.